The van der Waals surface area contributed by atoms with Gasteiger partial charge in [0.25, 0.3) is 5.91 Å². The molecule has 1 amide bonds. The van der Waals surface area contributed by atoms with Gasteiger partial charge in [-0.2, -0.15) is 0 Å². The van der Waals surface area contributed by atoms with Crippen molar-refractivity contribution >= 4 is 11.7 Å². The highest BCUT2D eigenvalue weighted by Crippen LogP contribution is 2.32. The standard InChI is InChI=1S/C17H21NO2/c1-5-7-9-13(8-6-2)16(20)18-14-10-15(19)12-17(3,4)11-14/h5-10H,1-2,11-12H2,3-4H3,(H,18,20)/b9-7-,13-8+. The first-order chi connectivity index (χ1) is 9.38. The number of hydrogen-bond acceptors (Lipinski definition) is 2. The van der Waals surface area contributed by atoms with E-state index >= 15 is 0 Å². The molecular formula is C17H21NO2. The molecule has 0 aromatic rings. The zero-order chi connectivity index (χ0) is 15.2. The molecule has 1 aliphatic carbocycles. The van der Waals surface area contributed by atoms with Gasteiger partial charge in [-0.3, -0.25) is 9.59 Å². The predicted octanol–water partition coefficient (Wildman–Crippen LogP) is 3.23. The summed E-state index contributed by atoms with van der Waals surface area (Å²) in [5, 5.41) is 2.80. The molecule has 0 aliphatic heterocycles. The fraction of sp³-hybridized carbons (Fsp3) is 0.294. The fourth-order valence-corrected chi connectivity index (χ4v) is 2.15. The van der Waals surface area contributed by atoms with Crippen molar-refractivity contribution in [1.82, 2.24) is 5.32 Å². The van der Waals surface area contributed by atoms with Gasteiger partial charge in [-0.25, -0.2) is 0 Å². The van der Waals surface area contributed by atoms with Crippen LogP contribution in [0.25, 0.3) is 0 Å². The monoisotopic (exact) mass is 271 g/mol. The summed E-state index contributed by atoms with van der Waals surface area (Å²) in [5.41, 5.74) is 1.02. The van der Waals surface area contributed by atoms with E-state index in [0.717, 1.165) is 0 Å². The van der Waals surface area contributed by atoms with Crippen LogP contribution in [0.15, 0.2) is 60.9 Å². The molecule has 1 aliphatic rings. The summed E-state index contributed by atoms with van der Waals surface area (Å²) in [5.74, 6) is -0.202. The van der Waals surface area contributed by atoms with Crippen molar-refractivity contribution in [1.29, 1.82) is 0 Å². The molecule has 1 N–H and O–H groups in total. The summed E-state index contributed by atoms with van der Waals surface area (Å²) in [4.78, 5) is 23.8. The van der Waals surface area contributed by atoms with Crippen molar-refractivity contribution in [3.05, 3.63) is 60.9 Å². The van der Waals surface area contributed by atoms with Crippen LogP contribution in [0, 0.1) is 5.41 Å². The Morgan fingerprint density at radius 3 is 2.55 bits per heavy atom. The molecule has 0 radical (unpaired) electrons. The Morgan fingerprint density at radius 1 is 1.30 bits per heavy atom. The molecule has 0 aromatic heterocycles. The van der Waals surface area contributed by atoms with Crippen molar-refractivity contribution in [3.8, 4) is 0 Å². The van der Waals surface area contributed by atoms with Crippen LogP contribution in [0.2, 0.25) is 0 Å². The molecule has 3 heteroatoms. The second-order valence-electron chi connectivity index (χ2n) is 5.56. The third kappa shape index (κ3) is 4.84. The van der Waals surface area contributed by atoms with Crippen molar-refractivity contribution in [2.75, 3.05) is 0 Å². The quantitative estimate of drug-likeness (QED) is 0.616. The number of amides is 1. The largest absolute Gasteiger partial charge is 0.326 e. The van der Waals surface area contributed by atoms with Gasteiger partial charge < -0.3 is 5.32 Å². The molecule has 0 spiro atoms. The van der Waals surface area contributed by atoms with E-state index in [1.165, 1.54) is 6.08 Å². The minimum Gasteiger partial charge on any atom is -0.326 e. The van der Waals surface area contributed by atoms with Crippen molar-refractivity contribution in [2.24, 2.45) is 5.41 Å². The number of hydrogen-bond donors (Lipinski definition) is 1. The summed E-state index contributed by atoms with van der Waals surface area (Å²) >= 11 is 0. The van der Waals surface area contributed by atoms with Crippen LogP contribution in [0.4, 0.5) is 0 Å². The Morgan fingerprint density at radius 2 is 2.00 bits per heavy atom. The predicted molar refractivity (Wildman–Crippen MR) is 81.9 cm³/mol. The van der Waals surface area contributed by atoms with E-state index in [-0.39, 0.29) is 17.1 Å². The van der Waals surface area contributed by atoms with Crippen LogP contribution in [-0.4, -0.2) is 11.7 Å². The Kier molecular flexibility index (Phi) is 5.44. The van der Waals surface area contributed by atoms with E-state index in [4.69, 9.17) is 0 Å². The van der Waals surface area contributed by atoms with E-state index in [1.54, 1.807) is 30.4 Å². The summed E-state index contributed by atoms with van der Waals surface area (Å²) in [6, 6.07) is 0. The van der Waals surface area contributed by atoms with E-state index < -0.39 is 0 Å². The Hall–Kier alpha value is -2.16. The summed E-state index contributed by atoms with van der Waals surface area (Å²) < 4.78 is 0. The lowest BCUT2D eigenvalue weighted by atomic mass is 9.79. The maximum atomic E-state index is 12.2. The average Bonchev–Trinajstić information content (AvgIpc) is 2.31. The normalized spacial score (nSPS) is 18.6. The van der Waals surface area contributed by atoms with Gasteiger partial charge in [0.05, 0.1) is 0 Å². The van der Waals surface area contributed by atoms with Gasteiger partial charge in [-0.1, -0.05) is 51.3 Å². The van der Waals surface area contributed by atoms with Crippen molar-refractivity contribution in [2.45, 2.75) is 26.7 Å². The molecule has 0 saturated heterocycles. The maximum Gasteiger partial charge on any atom is 0.255 e. The highest BCUT2D eigenvalue weighted by Gasteiger charge is 2.28. The molecule has 0 unspecified atom stereocenters. The molecule has 1 rings (SSSR count). The van der Waals surface area contributed by atoms with Crippen LogP contribution in [0.5, 0.6) is 0 Å². The number of ketones is 1. The lowest BCUT2D eigenvalue weighted by Gasteiger charge is -2.28. The molecule has 0 fully saturated rings. The van der Waals surface area contributed by atoms with E-state index in [0.29, 0.717) is 24.1 Å². The van der Waals surface area contributed by atoms with Crippen LogP contribution in [0.3, 0.4) is 0 Å². The number of carbonyl (C=O) groups excluding carboxylic acids is 2. The minimum absolute atomic E-state index is 0.0485. The molecule has 3 nitrogen and oxygen atoms in total. The second kappa shape index (κ2) is 6.85. The van der Waals surface area contributed by atoms with Crippen LogP contribution in [0.1, 0.15) is 26.7 Å². The van der Waals surface area contributed by atoms with Gasteiger partial charge in [0, 0.05) is 23.8 Å². The fourth-order valence-electron chi connectivity index (χ4n) is 2.15. The molecule has 0 aromatic carbocycles. The molecular weight excluding hydrogens is 250 g/mol. The van der Waals surface area contributed by atoms with Crippen molar-refractivity contribution < 1.29 is 9.59 Å². The maximum absolute atomic E-state index is 12.2. The van der Waals surface area contributed by atoms with E-state index in [9.17, 15) is 9.59 Å². The molecule has 0 saturated carbocycles. The Bertz CT molecular complexity index is 519. The molecule has 0 bridgehead atoms. The van der Waals surface area contributed by atoms with Gasteiger partial charge in [0.15, 0.2) is 5.78 Å². The molecule has 0 heterocycles. The van der Waals surface area contributed by atoms with E-state index in [2.05, 4.69) is 18.5 Å². The smallest absolute Gasteiger partial charge is 0.255 e. The SMILES string of the molecule is C=C/C=C\C(=C/C=C)C(=O)NC1=CC(=O)CC(C)(C)C1. The lowest BCUT2D eigenvalue weighted by molar-refractivity contribution is -0.117. The van der Waals surface area contributed by atoms with Gasteiger partial charge in [-0.05, 0) is 17.9 Å². The first-order valence-electron chi connectivity index (χ1n) is 6.54. The van der Waals surface area contributed by atoms with Gasteiger partial charge in [0.1, 0.15) is 0 Å². The highest BCUT2D eigenvalue weighted by molar-refractivity contribution is 5.99. The number of nitrogens with one attached hydrogen (secondary N) is 1. The van der Waals surface area contributed by atoms with Crippen LogP contribution in [-0.2, 0) is 9.59 Å². The third-order valence-electron chi connectivity index (χ3n) is 2.90. The summed E-state index contributed by atoms with van der Waals surface area (Å²) in [7, 11) is 0. The molecule has 20 heavy (non-hydrogen) atoms. The van der Waals surface area contributed by atoms with Gasteiger partial charge in [-0.15, -0.1) is 0 Å². The van der Waals surface area contributed by atoms with Gasteiger partial charge in [0.2, 0.25) is 0 Å². The molecule has 0 atom stereocenters. The van der Waals surface area contributed by atoms with Gasteiger partial charge >= 0.3 is 0 Å². The summed E-state index contributed by atoms with van der Waals surface area (Å²) in [6.07, 6.45) is 10.8. The van der Waals surface area contributed by atoms with E-state index in [1.807, 2.05) is 13.8 Å². The van der Waals surface area contributed by atoms with Crippen LogP contribution < -0.4 is 5.32 Å². The third-order valence-corrected chi connectivity index (χ3v) is 2.90. The average molecular weight is 271 g/mol. The second-order valence-corrected chi connectivity index (χ2v) is 5.56. The highest BCUT2D eigenvalue weighted by atomic mass is 16.2. The summed E-state index contributed by atoms with van der Waals surface area (Å²) in [6.45, 7) is 11.2. The molecule has 106 valence electrons. The van der Waals surface area contributed by atoms with Crippen molar-refractivity contribution in [3.63, 3.8) is 0 Å². The number of allylic oxidation sites excluding steroid dienone is 6. The first kappa shape index (κ1) is 15.9. The van der Waals surface area contributed by atoms with Crippen LogP contribution >= 0.6 is 0 Å². The zero-order valence-corrected chi connectivity index (χ0v) is 12.1. The zero-order valence-electron chi connectivity index (χ0n) is 12.1. The minimum atomic E-state index is -0.250. The number of rotatable bonds is 5. The Balaban J connectivity index is 2.86. The first-order valence-corrected chi connectivity index (χ1v) is 6.54. The lowest BCUT2D eigenvalue weighted by Crippen LogP contribution is -2.31. The number of carbonyl (C=O) groups is 2. The topological polar surface area (TPSA) is 46.2 Å². The Labute approximate surface area is 120 Å².